The molecular weight excluding hydrogens is 435 g/mol. The van der Waals surface area contributed by atoms with Gasteiger partial charge in [-0.05, 0) is 82.0 Å². The number of hydrogen-bond acceptors (Lipinski definition) is 5. The van der Waals surface area contributed by atoms with Gasteiger partial charge in [-0.3, -0.25) is 14.3 Å². The summed E-state index contributed by atoms with van der Waals surface area (Å²) in [5.41, 5.74) is -1.07. The van der Waals surface area contributed by atoms with Crippen molar-refractivity contribution < 1.29 is 22.8 Å². The normalized spacial score (nSPS) is 23.8. The number of halogens is 3. The van der Waals surface area contributed by atoms with Gasteiger partial charge >= 0.3 is 6.18 Å². The molecule has 2 aliphatic heterocycles. The minimum Gasteiger partial charge on any atom is -0.317 e. The predicted molar refractivity (Wildman–Crippen MR) is 114 cm³/mol. The molecule has 3 aliphatic rings. The fourth-order valence-electron chi connectivity index (χ4n) is 5.31. The summed E-state index contributed by atoms with van der Waals surface area (Å²) in [7, 11) is 0. The van der Waals surface area contributed by atoms with E-state index in [4.69, 9.17) is 0 Å². The first kappa shape index (κ1) is 22.1. The maximum Gasteiger partial charge on any atom is 0.433 e. The van der Waals surface area contributed by atoms with Crippen molar-refractivity contribution in [2.45, 2.75) is 57.2 Å². The third-order valence-corrected chi connectivity index (χ3v) is 7.14. The largest absolute Gasteiger partial charge is 0.433 e. The molecule has 4 heterocycles. The second-order valence-electron chi connectivity index (χ2n) is 9.30. The predicted octanol–water partition coefficient (Wildman–Crippen LogP) is 4.22. The Hall–Kier alpha value is -2.75. The highest BCUT2D eigenvalue weighted by Gasteiger charge is 2.44. The highest BCUT2D eigenvalue weighted by molar-refractivity contribution is 6.33. The van der Waals surface area contributed by atoms with Crippen LogP contribution in [0.1, 0.15) is 77.7 Å². The standard InChI is InChI=1S/C23H26F3N5O2/c24-23(25,26)19-3-1-2-17(28-19)21(32)31-18-13-30(29-20(18)22(31)33)16-6-4-14(5-7-16)12-15-8-10-27-11-9-15/h1-3,13-16,27H,4-12H2. The SMILES string of the molecule is O=C(c1cccc(C(F)(F)F)n1)N1C(=O)c2nn(C3CCC(CC4CCNCC4)CC3)cc21. The number of pyridine rings is 1. The molecule has 33 heavy (non-hydrogen) atoms. The molecule has 0 aromatic carbocycles. The summed E-state index contributed by atoms with van der Waals surface area (Å²) < 4.78 is 40.6. The van der Waals surface area contributed by atoms with E-state index < -0.39 is 29.4 Å². The summed E-state index contributed by atoms with van der Waals surface area (Å²) in [5.74, 6) is 0.0477. The number of nitrogens with zero attached hydrogens (tertiary/aromatic N) is 4. The van der Waals surface area contributed by atoms with Crippen molar-refractivity contribution in [1.29, 1.82) is 0 Å². The van der Waals surface area contributed by atoms with Gasteiger partial charge in [0.15, 0.2) is 5.69 Å². The van der Waals surface area contributed by atoms with Gasteiger partial charge in [0, 0.05) is 0 Å². The Balaban J connectivity index is 1.24. The average Bonchev–Trinajstić information content (AvgIpc) is 3.19. The smallest absolute Gasteiger partial charge is 0.317 e. The van der Waals surface area contributed by atoms with Crippen LogP contribution in [0.15, 0.2) is 24.4 Å². The topological polar surface area (TPSA) is 80.1 Å². The van der Waals surface area contributed by atoms with Crippen molar-refractivity contribution in [1.82, 2.24) is 20.1 Å². The van der Waals surface area contributed by atoms with Crippen LogP contribution in [0.5, 0.6) is 0 Å². The molecule has 1 aliphatic carbocycles. The molecule has 0 unspecified atom stereocenters. The lowest BCUT2D eigenvalue weighted by Gasteiger charge is -2.32. The van der Waals surface area contributed by atoms with Crippen LogP contribution in [0.25, 0.3) is 0 Å². The molecule has 7 nitrogen and oxygen atoms in total. The molecule has 0 atom stereocenters. The number of aromatic nitrogens is 3. The zero-order chi connectivity index (χ0) is 23.2. The number of alkyl halides is 3. The van der Waals surface area contributed by atoms with Crippen LogP contribution in [-0.2, 0) is 6.18 Å². The lowest BCUT2D eigenvalue weighted by molar-refractivity contribution is -0.141. The Morgan fingerprint density at radius 2 is 1.76 bits per heavy atom. The molecule has 10 heteroatoms. The highest BCUT2D eigenvalue weighted by Crippen LogP contribution is 2.40. The molecule has 0 spiro atoms. The lowest BCUT2D eigenvalue weighted by atomic mass is 9.78. The number of nitrogens with one attached hydrogen (secondary N) is 1. The van der Waals surface area contributed by atoms with Gasteiger partial charge in [0.2, 0.25) is 0 Å². The zero-order valence-electron chi connectivity index (χ0n) is 18.1. The van der Waals surface area contributed by atoms with Crippen LogP contribution in [0.3, 0.4) is 0 Å². The van der Waals surface area contributed by atoms with Crippen LogP contribution in [0.4, 0.5) is 18.9 Å². The number of imide groups is 1. The summed E-state index contributed by atoms with van der Waals surface area (Å²) in [6, 6.07) is 3.24. The minimum absolute atomic E-state index is 0.163. The summed E-state index contributed by atoms with van der Waals surface area (Å²) in [6.45, 7) is 2.22. The number of piperidine rings is 1. The summed E-state index contributed by atoms with van der Waals surface area (Å²) in [6.07, 6.45) is 4.93. The van der Waals surface area contributed by atoms with E-state index in [0.717, 1.165) is 67.6 Å². The van der Waals surface area contributed by atoms with E-state index in [1.54, 1.807) is 10.9 Å². The number of anilines is 1. The van der Waals surface area contributed by atoms with Crippen molar-refractivity contribution in [2.24, 2.45) is 11.8 Å². The van der Waals surface area contributed by atoms with Crippen molar-refractivity contribution in [3.05, 3.63) is 41.5 Å². The van der Waals surface area contributed by atoms with Gasteiger partial charge in [-0.2, -0.15) is 18.3 Å². The minimum atomic E-state index is -4.67. The molecule has 2 aromatic rings. The number of amides is 2. The van der Waals surface area contributed by atoms with E-state index in [9.17, 15) is 22.8 Å². The van der Waals surface area contributed by atoms with E-state index in [0.29, 0.717) is 5.69 Å². The Morgan fingerprint density at radius 1 is 1.06 bits per heavy atom. The lowest BCUT2D eigenvalue weighted by Crippen LogP contribution is -2.45. The third kappa shape index (κ3) is 4.28. The Kier molecular flexibility index (Phi) is 5.72. The number of carbonyl (C=O) groups is 2. The Labute approximate surface area is 189 Å². The van der Waals surface area contributed by atoms with Crippen molar-refractivity contribution in [3.63, 3.8) is 0 Å². The van der Waals surface area contributed by atoms with Crippen LogP contribution < -0.4 is 10.2 Å². The van der Waals surface area contributed by atoms with Gasteiger partial charge in [-0.15, -0.1) is 0 Å². The van der Waals surface area contributed by atoms with Crippen molar-refractivity contribution in [3.8, 4) is 0 Å². The molecule has 2 fully saturated rings. The maximum atomic E-state index is 12.9. The molecule has 5 rings (SSSR count). The average molecular weight is 461 g/mol. The van der Waals surface area contributed by atoms with Gasteiger partial charge in [0.05, 0.1) is 12.2 Å². The molecule has 2 aromatic heterocycles. The van der Waals surface area contributed by atoms with Gasteiger partial charge in [0.1, 0.15) is 17.1 Å². The summed E-state index contributed by atoms with van der Waals surface area (Å²) in [4.78, 5) is 29.5. The third-order valence-electron chi connectivity index (χ3n) is 7.14. The first-order chi connectivity index (χ1) is 15.8. The van der Waals surface area contributed by atoms with E-state index in [1.807, 2.05) is 0 Å². The molecule has 1 saturated heterocycles. The van der Waals surface area contributed by atoms with E-state index in [-0.39, 0.29) is 11.7 Å². The number of hydrogen-bond donors (Lipinski definition) is 1. The first-order valence-corrected chi connectivity index (χ1v) is 11.5. The van der Waals surface area contributed by atoms with Crippen molar-refractivity contribution >= 4 is 17.5 Å². The van der Waals surface area contributed by atoms with Crippen LogP contribution in [-0.4, -0.2) is 39.7 Å². The molecule has 176 valence electrons. The number of fused-ring (bicyclic) bond motifs is 1. The Morgan fingerprint density at radius 3 is 2.45 bits per heavy atom. The van der Waals surface area contributed by atoms with Crippen LogP contribution >= 0.6 is 0 Å². The molecule has 1 saturated carbocycles. The highest BCUT2D eigenvalue weighted by atomic mass is 19.4. The quantitative estimate of drug-likeness (QED) is 0.690. The van der Waals surface area contributed by atoms with Gasteiger partial charge in [-0.25, -0.2) is 9.88 Å². The van der Waals surface area contributed by atoms with Gasteiger partial charge < -0.3 is 5.32 Å². The van der Waals surface area contributed by atoms with Gasteiger partial charge in [0.25, 0.3) is 11.8 Å². The number of rotatable bonds is 4. The molecule has 2 amide bonds. The summed E-state index contributed by atoms with van der Waals surface area (Å²) in [5, 5.41) is 7.80. The fourth-order valence-corrected chi connectivity index (χ4v) is 5.31. The van der Waals surface area contributed by atoms with Crippen LogP contribution in [0.2, 0.25) is 0 Å². The van der Waals surface area contributed by atoms with E-state index >= 15 is 0 Å². The fraction of sp³-hybridized carbons (Fsp3) is 0.565. The van der Waals surface area contributed by atoms with Crippen LogP contribution in [0, 0.1) is 11.8 Å². The molecule has 1 N–H and O–H groups in total. The molecule has 0 radical (unpaired) electrons. The second-order valence-corrected chi connectivity index (χ2v) is 9.30. The summed E-state index contributed by atoms with van der Waals surface area (Å²) >= 11 is 0. The Bertz CT molecular complexity index is 1050. The van der Waals surface area contributed by atoms with Gasteiger partial charge in [-0.1, -0.05) is 6.07 Å². The second kappa shape index (κ2) is 8.55. The maximum absolute atomic E-state index is 12.9. The van der Waals surface area contributed by atoms with E-state index in [2.05, 4.69) is 15.4 Å². The molecular formula is C23H26F3N5O2. The number of carbonyl (C=O) groups excluding carboxylic acids is 2. The van der Waals surface area contributed by atoms with E-state index in [1.165, 1.54) is 25.3 Å². The monoisotopic (exact) mass is 461 g/mol. The molecule has 0 bridgehead atoms. The van der Waals surface area contributed by atoms with Crippen molar-refractivity contribution in [2.75, 3.05) is 18.0 Å². The first-order valence-electron chi connectivity index (χ1n) is 11.5. The zero-order valence-corrected chi connectivity index (χ0v) is 18.1.